The smallest absolute Gasteiger partial charge is 0.271 e. The van der Waals surface area contributed by atoms with Crippen LogP contribution in [0.3, 0.4) is 0 Å². The number of benzene rings is 1. The Labute approximate surface area is 87.1 Å². The van der Waals surface area contributed by atoms with Crippen molar-refractivity contribution >= 4 is 21.4 Å². The first-order chi connectivity index (χ1) is 6.78. The second-order valence-electron chi connectivity index (χ2n) is 3.19. The van der Waals surface area contributed by atoms with Crippen molar-refractivity contribution in [1.82, 2.24) is 0 Å². The summed E-state index contributed by atoms with van der Waals surface area (Å²) in [6, 6.07) is 4.07. The van der Waals surface area contributed by atoms with Crippen molar-refractivity contribution in [2.75, 3.05) is 11.0 Å². The molecule has 0 spiro atoms. The molecule has 6 nitrogen and oxygen atoms in total. The number of anilines is 1. The number of nitrogens with one attached hydrogen (secondary N) is 1. The van der Waals surface area contributed by atoms with Gasteiger partial charge in [-0.2, -0.15) is 0 Å². The predicted molar refractivity (Wildman–Crippen MR) is 56.3 cm³/mol. The first-order valence-electron chi connectivity index (χ1n) is 4.02. The van der Waals surface area contributed by atoms with E-state index in [1.165, 1.54) is 18.2 Å². The molecule has 0 amide bonds. The third-order valence-corrected chi connectivity index (χ3v) is 2.18. The minimum atomic E-state index is -3.41. The third-order valence-electron chi connectivity index (χ3n) is 1.58. The monoisotopic (exact) mass is 230 g/mol. The molecule has 0 radical (unpaired) electrons. The molecule has 0 fully saturated rings. The summed E-state index contributed by atoms with van der Waals surface area (Å²) in [4.78, 5) is 9.93. The van der Waals surface area contributed by atoms with E-state index in [9.17, 15) is 18.5 Å². The van der Waals surface area contributed by atoms with Crippen molar-refractivity contribution in [2.45, 2.75) is 6.92 Å². The molecule has 0 aliphatic rings. The molecule has 0 saturated carbocycles. The largest absolute Gasteiger partial charge is 0.284 e. The fourth-order valence-electron chi connectivity index (χ4n) is 1.14. The van der Waals surface area contributed by atoms with Crippen molar-refractivity contribution in [3.8, 4) is 0 Å². The second-order valence-corrected chi connectivity index (χ2v) is 4.94. The van der Waals surface area contributed by atoms with Crippen LogP contribution in [0.15, 0.2) is 18.2 Å². The van der Waals surface area contributed by atoms with Crippen LogP contribution >= 0.6 is 0 Å². The Morgan fingerprint density at radius 1 is 1.33 bits per heavy atom. The summed E-state index contributed by atoms with van der Waals surface area (Å²) in [5, 5.41) is 10.5. The Hall–Kier alpha value is -1.63. The molecule has 1 aromatic carbocycles. The fourth-order valence-corrected chi connectivity index (χ4v) is 1.69. The van der Waals surface area contributed by atoms with Gasteiger partial charge in [0.2, 0.25) is 10.0 Å². The molecule has 7 heteroatoms. The van der Waals surface area contributed by atoms with Gasteiger partial charge in [0, 0.05) is 12.1 Å². The molecule has 0 aliphatic carbocycles. The Morgan fingerprint density at radius 2 is 1.93 bits per heavy atom. The summed E-state index contributed by atoms with van der Waals surface area (Å²) in [7, 11) is -3.41. The lowest BCUT2D eigenvalue weighted by Gasteiger charge is -2.04. The molecule has 0 aromatic heterocycles. The summed E-state index contributed by atoms with van der Waals surface area (Å²) in [6.07, 6.45) is 0.987. The molecular formula is C8H10N2O4S. The number of nitro benzene ring substituents is 1. The Kier molecular flexibility index (Phi) is 2.94. The van der Waals surface area contributed by atoms with E-state index in [2.05, 4.69) is 4.72 Å². The minimum absolute atomic E-state index is 0.138. The van der Waals surface area contributed by atoms with Crippen LogP contribution in [0.1, 0.15) is 5.56 Å². The highest BCUT2D eigenvalue weighted by Gasteiger charge is 2.10. The first kappa shape index (κ1) is 11.4. The van der Waals surface area contributed by atoms with Gasteiger partial charge in [-0.25, -0.2) is 8.42 Å². The van der Waals surface area contributed by atoms with Gasteiger partial charge in [0.1, 0.15) is 0 Å². The molecule has 0 heterocycles. The van der Waals surface area contributed by atoms with Crippen molar-refractivity contribution < 1.29 is 13.3 Å². The van der Waals surface area contributed by atoms with E-state index in [-0.39, 0.29) is 11.4 Å². The average molecular weight is 230 g/mol. The standard InChI is InChI=1S/C8H10N2O4S/c1-6-3-7(9-15(2,13)14)5-8(4-6)10(11)12/h3-5,9H,1-2H3. The molecule has 1 N–H and O–H groups in total. The van der Waals surface area contributed by atoms with E-state index in [1.54, 1.807) is 6.92 Å². The molecule has 1 rings (SSSR count). The van der Waals surface area contributed by atoms with Crippen LogP contribution in [0.2, 0.25) is 0 Å². The number of sulfonamides is 1. The van der Waals surface area contributed by atoms with Crippen molar-refractivity contribution in [3.05, 3.63) is 33.9 Å². The maximum Gasteiger partial charge on any atom is 0.271 e. The van der Waals surface area contributed by atoms with E-state index >= 15 is 0 Å². The Morgan fingerprint density at radius 3 is 2.40 bits per heavy atom. The summed E-state index contributed by atoms with van der Waals surface area (Å²) < 4.78 is 24.0. The van der Waals surface area contributed by atoms with Crippen molar-refractivity contribution in [3.63, 3.8) is 0 Å². The zero-order chi connectivity index (χ0) is 11.6. The Bertz CT molecular complexity index is 495. The molecule has 0 saturated heterocycles. The van der Waals surface area contributed by atoms with Crippen LogP contribution in [0.25, 0.3) is 0 Å². The maximum atomic E-state index is 10.9. The van der Waals surface area contributed by atoms with E-state index in [0.717, 1.165) is 6.26 Å². The average Bonchev–Trinajstić information content (AvgIpc) is 1.99. The van der Waals surface area contributed by atoms with Gasteiger partial charge in [0.15, 0.2) is 0 Å². The SMILES string of the molecule is Cc1cc(NS(C)(=O)=O)cc([N+](=O)[O-])c1. The minimum Gasteiger partial charge on any atom is -0.284 e. The molecule has 1 aromatic rings. The summed E-state index contributed by atoms with van der Waals surface area (Å²) in [6.45, 7) is 1.65. The number of nitrogens with zero attached hydrogens (tertiary/aromatic N) is 1. The second kappa shape index (κ2) is 3.85. The molecule has 15 heavy (non-hydrogen) atoms. The Balaban J connectivity index is 3.15. The zero-order valence-corrected chi connectivity index (χ0v) is 9.04. The van der Waals surface area contributed by atoms with Gasteiger partial charge in [-0.15, -0.1) is 0 Å². The number of rotatable bonds is 3. The quantitative estimate of drug-likeness (QED) is 0.625. The third kappa shape index (κ3) is 3.55. The lowest BCUT2D eigenvalue weighted by Crippen LogP contribution is -2.09. The fraction of sp³-hybridized carbons (Fsp3) is 0.250. The van der Waals surface area contributed by atoms with Crippen LogP contribution in [0, 0.1) is 17.0 Å². The summed E-state index contributed by atoms with van der Waals surface area (Å²) in [5.74, 6) is 0. The zero-order valence-electron chi connectivity index (χ0n) is 8.22. The topological polar surface area (TPSA) is 89.3 Å². The van der Waals surface area contributed by atoms with Crippen LogP contribution in [0.4, 0.5) is 11.4 Å². The molecule has 82 valence electrons. The number of hydrogen-bond acceptors (Lipinski definition) is 4. The van der Waals surface area contributed by atoms with Crippen LogP contribution in [-0.2, 0) is 10.0 Å². The number of hydrogen-bond donors (Lipinski definition) is 1. The molecule has 0 unspecified atom stereocenters. The van der Waals surface area contributed by atoms with Gasteiger partial charge in [0.05, 0.1) is 16.9 Å². The molecular weight excluding hydrogens is 220 g/mol. The maximum absolute atomic E-state index is 10.9. The van der Waals surface area contributed by atoms with E-state index in [0.29, 0.717) is 5.56 Å². The molecule has 0 aliphatic heterocycles. The van der Waals surface area contributed by atoms with Crippen LogP contribution in [0.5, 0.6) is 0 Å². The van der Waals surface area contributed by atoms with Crippen molar-refractivity contribution in [2.24, 2.45) is 0 Å². The predicted octanol–water partition coefficient (Wildman–Crippen LogP) is 1.27. The first-order valence-corrected chi connectivity index (χ1v) is 5.91. The molecule has 0 atom stereocenters. The number of aryl methyl sites for hydroxylation is 1. The summed E-state index contributed by atoms with van der Waals surface area (Å²) in [5.41, 5.74) is 0.681. The lowest BCUT2D eigenvalue weighted by atomic mass is 10.2. The van der Waals surface area contributed by atoms with Gasteiger partial charge >= 0.3 is 0 Å². The van der Waals surface area contributed by atoms with Gasteiger partial charge in [0.25, 0.3) is 5.69 Å². The van der Waals surface area contributed by atoms with Gasteiger partial charge in [-0.05, 0) is 18.6 Å². The molecule has 0 bridgehead atoms. The van der Waals surface area contributed by atoms with Crippen molar-refractivity contribution in [1.29, 1.82) is 0 Å². The number of nitro groups is 1. The van der Waals surface area contributed by atoms with E-state index < -0.39 is 14.9 Å². The van der Waals surface area contributed by atoms with Gasteiger partial charge in [-0.1, -0.05) is 0 Å². The highest BCUT2D eigenvalue weighted by molar-refractivity contribution is 7.92. The lowest BCUT2D eigenvalue weighted by molar-refractivity contribution is -0.384. The highest BCUT2D eigenvalue weighted by Crippen LogP contribution is 2.20. The van der Waals surface area contributed by atoms with Crippen LogP contribution in [-0.4, -0.2) is 19.6 Å². The number of non-ortho nitro benzene ring substituents is 1. The van der Waals surface area contributed by atoms with E-state index in [1.807, 2.05) is 0 Å². The van der Waals surface area contributed by atoms with Gasteiger partial charge < -0.3 is 0 Å². The van der Waals surface area contributed by atoms with Crippen LogP contribution < -0.4 is 4.72 Å². The van der Waals surface area contributed by atoms with Gasteiger partial charge in [-0.3, -0.25) is 14.8 Å². The van der Waals surface area contributed by atoms with E-state index in [4.69, 9.17) is 0 Å². The highest BCUT2D eigenvalue weighted by atomic mass is 32.2. The normalized spacial score (nSPS) is 11.1. The summed E-state index contributed by atoms with van der Waals surface area (Å²) >= 11 is 0.